The van der Waals surface area contributed by atoms with Gasteiger partial charge in [0.15, 0.2) is 11.3 Å². The summed E-state index contributed by atoms with van der Waals surface area (Å²) in [5.41, 5.74) is 1.49. The Labute approximate surface area is 240 Å². The zero-order valence-electron chi connectivity index (χ0n) is 23.3. The van der Waals surface area contributed by atoms with Gasteiger partial charge in [-0.15, -0.1) is 0 Å². The van der Waals surface area contributed by atoms with E-state index in [9.17, 15) is 23.5 Å². The average molecular weight is 583 g/mol. The molecule has 0 spiro atoms. The van der Waals surface area contributed by atoms with Crippen LogP contribution in [0.25, 0.3) is 22.4 Å². The highest BCUT2D eigenvalue weighted by Crippen LogP contribution is 2.36. The van der Waals surface area contributed by atoms with Crippen LogP contribution in [0.3, 0.4) is 0 Å². The second-order valence-corrected chi connectivity index (χ2v) is 12.2. The van der Waals surface area contributed by atoms with Crippen molar-refractivity contribution >= 4 is 40.4 Å². The summed E-state index contributed by atoms with van der Waals surface area (Å²) >= 11 is 5.87. The van der Waals surface area contributed by atoms with E-state index in [-0.39, 0.29) is 53.1 Å². The molecule has 0 aliphatic carbocycles. The maximum Gasteiger partial charge on any atom is 0.339 e. The van der Waals surface area contributed by atoms with Crippen molar-refractivity contribution in [3.05, 3.63) is 76.1 Å². The highest BCUT2D eigenvalue weighted by Gasteiger charge is 2.40. The fraction of sp³-hybridized carbons (Fsp3) is 0.333. The molecule has 0 radical (unpaired) electrons. The molecule has 4 heterocycles. The number of fused-ring (bicyclic) bond motifs is 1. The molecule has 1 aliphatic heterocycles. The molecule has 1 amide bonds. The minimum atomic E-state index is -1.21. The number of pyridine rings is 2. The normalized spacial score (nSPS) is 15.4. The van der Waals surface area contributed by atoms with E-state index in [4.69, 9.17) is 16.0 Å². The third-order valence-corrected chi connectivity index (χ3v) is 7.54. The molecule has 1 aliphatic rings. The summed E-state index contributed by atoms with van der Waals surface area (Å²) in [5.74, 6) is -2.81. The van der Waals surface area contributed by atoms with Gasteiger partial charge in [0, 0.05) is 36.8 Å². The van der Waals surface area contributed by atoms with Crippen LogP contribution in [0, 0.1) is 11.8 Å². The molecule has 3 aromatic heterocycles. The fourth-order valence-corrected chi connectivity index (χ4v) is 5.28. The number of aromatic nitrogens is 2. The van der Waals surface area contributed by atoms with Gasteiger partial charge in [-0.1, -0.05) is 38.4 Å². The number of rotatable bonds is 4. The largest absolute Gasteiger partial charge is 0.478 e. The molecule has 0 atom stereocenters. The summed E-state index contributed by atoms with van der Waals surface area (Å²) in [5, 5.41) is 9.59. The zero-order valence-corrected chi connectivity index (χ0v) is 24.0. The van der Waals surface area contributed by atoms with Crippen molar-refractivity contribution in [1.29, 1.82) is 0 Å². The number of halogens is 3. The zero-order chi connectivity index (χ0) is 29.9. The number of carboxylic acid groups (broad SMARTS) is 1. The Balaban J connectivity index is 1.50. The van der Waals surface area contributed by atoms with Gasteiger partial charge in [0.25, 0.3) is 5.91 Å². The van der Waals surface area contributed by atoms with Gasteiger partial charge in [0.2, 0.25) is 5.95 Å². The number of anilines is 1. The van der Waals surface area contributed by atoms with E-state index < -0.39 is 23.3 Å². The third-order valence-electron chi connectivity index (χ3n) is 7.23. The Morgan fingerprint density at radius 3 is 2.41 bits per heavy atom. The molecule has 41 heavy (non-hydrogen) atoms. The first-order chi connectivity index (χ1) is 19.2. The smallest absolute Gasteiger partial charge is 0.339 e. The molecular formula is C30H29ClF2N4O4. The Kier molecular flexibility index (Phi) is 7.01. The summed E-state index contributed by atoms with van der Waals surface area (Å²) in [4.78, 5) is 37.4. The van der Waals surface area contributed by atoms with E-state index in [0.717, 1.165) is 11.6 Å². The SMILES string of the molecule is CC(C)(C)c1cc(-c2ccc(Cl)c(F)c2)nc2cc(C(=O)N3CCN(c4nc(F)ccc4C(=O)O)CC3(C)C)oc12. The van der Waals surface area contributed by atoms with Gasteiger partial charge < -0.3 is 19.3 Å². The number of benzene rings is 1. The molecule has 8 nitrogen and oxygen atoms in total. The van der Waals surface area contributed by atoms with E-state index >= 15 is 0 Å². The van der Waals surface area contributed by atoms with E-state index in [2.05, 4.69) is 9.97 Å². The number of aromatic carboxylic acids is 1. The van der Waals surface area contributed by atoms with Gasteiger partial charge in [-0.25, -0.2) is 19.2 Å². The minimum absolute atomic E-state index is 0.0112. The fourth-order valence-electron chi connectivity index (χ4n) is 5.17. The summed E-state index contributed by atoms with van der Waals surface area (Å²) < 4.78 is 34.3. The van der Waals surface area contributed by atoms with Gasteiger partial charge in [-0.05, 0) is 49.6 Å². The van der Waals surface area contributed by atoms with Crippen LogP contribution in [0.15, 0.2) is 46.9 Å². The summed E-state index contributed by atoms with van der Waals surface area (Å²) in [6.45, 7) is 10.4. The summed E-state index contributed by atoms with van der Waals surface area (Å²) in [6, 6.07) is 10.1. The lowest BCUT2D eigenvalue weighted by molar-refractivity contribution is 0.0481. The molecule has 1 aromatic carbocycles. The molecule has 11 heteroatoms. The van der Waals surface area contributed by atoms with Crippen LogP contribution in [-0.4, -0.2) is 57.0 Å². The number of carboxylic acids is 1. The maximum absolute atomic E-state index is 14.2. The minimum Gasteiger partial charge on any atom is -0.478 e. The van der Waals surface area contributed by atoms with Crippen molar-refractivity contribution in [2.24, 2.45) is 0 Å². The molecule has 5 rings (SSSR count). The monoisotopic (exact) mass is 582 g/mol. The van der Waals surface area contributed by atoms with Crippen LogP contribution >= 0.6 is 11.6 Å². The van der Waals surface area contributed by atoms with E-state index in [1.165, 1.54) is 18.2 Å². The predicted molar refractivity (Wildman–Crippen MR) is 152 cm³/mol. The first kappa shape index (κ1) is 28.5. The lowest BCUT2D eigenvalue weighted by Gasteiger charge is -2.47. The lowest BCUT2D eigenvalue weighted by Crippen LogP contribution is -2.61. The van der Waals surface area contributed by atoms with Crippen LogP contribution in [0.2, 0.25) is 5.02 Å². The van der Waals surface area contributed by atoms with Crippen LogP contribution < -0.4 is 4.90 Å². The van der Waals surface area contributed by atoms with E-state index in [1.54, 1.807) is 21.9 Å². The first-order valence-corrected chi connectivity index (χ1v) is 13.4. The predicted octanol–water partition coefficient (Wildman–Crippen LogP) is 6.56. The summed E-state index contributed by atoms with van der Waals surface area (Å²) in [7, 11) is 0. The number of hydrogen-bond acceptors (Lipinski definition) is 6. The van der Waals surface area contributed by atoms with Gasteiger partial charge >= 0.3 is 5.97 Å². The average Bonchev–Trinajstić information content (AvgIpc) is 3.32. The van der Waals surface area contributed by atoms with E-state index in [0.29, 0.717) is 22.4 Å². The highest BCUT2D eigenvalue weighted by molar-refractivity contribution is 6.30. The van der Waals surface area contributed by atoms with Crippen molar-refractivity contribution in [3.8, 4) is 11.3 Å². The first-order valence-electron chi connectivity index (χ1n) is 13.0. The number of carbonyl (C=O) groups excluding carboxylic acids is 1. The Morgan fingerprint density at radius 1 is 1.05 bits per heavy atom. The maximum atomic E-state index is 14.2. The number of nitrogens with zero attached hydrogens (tertiary/aromatic N) is 4. The van der Waals surface area contributed by atoms with Crippen molar-refractivity contribution < 1.29 is 27.9 Å². The van der Waals surface area contributed by atoms with Gasteiger partial charge in [0.1, 0.15) is 22.7 Å². The molecule has 0 bridgehead atoms. The summed E-state index contributed by atoms with van der Waals surface area (Å²) in [6.07, 6.45) is 0. The lowest BCUT2D eigenvalue weighted by atomic mass is 9.86. The van der Waals surface area contributed by atoms with Crippen molar-refractivity contribution in [1.82, 2.24) is 14.9 Å². The Morgan fingerprint density at radius 2 is 1.78 bits per heavy atom. The second kappa shape index (κ2) is 10.1. The Bertz CT molecular complexity index is 1700. The highest BCUT2D eigenvalue weighted by atomic mass is 35.5. The van der Waals surface area contributed by atoms with Gasteiger partial charge in [0.05, 0.1) is 16.3 Å². The van der Waals surface area contributed by atoms with Gasteiger partial charge in [-0.3, -0.25) is 4.79 Å². The van der Waals surface area contributed by atoms with Crippen LogP contribution in [0.1, 0.15) is 61.1 Å². The number of amides is 1. The topological polar surface area (TPSA) is 99.8 Å². The Hall–Kier alpha value is -4.05. The van der Waals surface area contributed by atoms with E-state index in [1.807, 2.05) is 40.7 Å². The van der Waals surface area contributed by atoms with Crippen LogP contribution in [-0.2, 0) is 5.41 Å². The molecule has 1 saturated heterocycles. The molecule has 4 aromatic rings. The number of furan rings is 1. The van der Waals surface area contributed by atoms with Crippen molar-refractivity contribution in [3.63, 3.8) is 0 Å². The standard InChI is InChI=1S/C30H29ClF2N4O4/c1-29(2,3)18-13-21(16-6-8-19(31)20(32)12-16)34-22-14-23(41-25(18)22)27(38)37-11-10-36(15-30(37,4)5)26-17(28(39)40)7-9-24(33)35-26/h6-9,12-14H,10-11,15H2,1-5H3,(H,39,40). The number of hydrogen-bond donors (Lipinski definition) is 1. The van der Waals surface area contributed by atoms with Crippen molar-refractivity contribution in [2.45, 2.75) is 45.6 Å². The number of carbonyl (C=O) groups is 2. The molecule has 0 unspecified atom stereocenters. The quantitative estimate of drug-likeness (QED) is 0.272. The third kappa shape index (κ3) is 5.36. The number of piperazine rings is 1. The van der Waals surface area contributed by atoms with Gasteiger partial charge in [-0.2, -0.15) is 4.39 Å². The molecule has 214 valence electrons. The van der Waals surface area contributed by atoms with Crippen LogP contribution in [0.4, 0.5) is 14.6 Å². The molecule has 1 fully saturated rings. The second-order valence-electron chi connectivity index (χ2n) is 11.8. The van der Waals surface area contributed by atoms with Crippen molar-refractivity contribution in [2.75, 3.05) is 24.5 Å². The van der Waals surface area contributed by atoms with Crippen LogP contribution in [0.5, 0.6) is 0 Å². The molecule has 1 N–H and O–H groups in total. The molecule has 0 saturated carbocycles. The molecular weight excluding hydrogens is 554 g/mol.